The lowest BCUT2D eigenvalue weighted by Crippen LogP contribution is -2.22. The zero-order chi connectivity index (χ0) is 12.3. The third kappa shape index (κ3) is 3.15. The summed E-state index contributed by atoms with van der Waals surface area (Å²) in [6.45, 7) is 0. The van der Waals surface area contributed by atoms with Crippen LogP contribution in [-0.2, 0) is 10.0 Å². The van der Waals surface area contributed by atoms with Crippen LogP contribution in [-0.4, -0.2) is 31.3 Å². The molecule has 7 heteroatoms. The first-order valence-electron chi connectivity index (χ1n) is 4.24. The minimum absolute atomic E-state index is 0.136. The van der Waals surface area contributed by atoms with Gasteiger partial charge in [0.05, 0.1) is 4.90 Å². The van der Waals surface area contributed by atoms with Crippen molar-refractivity contribution >= 4 is 38.4 Å². The Morgan fingerprint density at radius 2 is 1.81 bits per heavy atom. The number of thiocarbonyl (C=S) groups is 1. The zero-order valence-electron chi connectivity index (χ0n) is 8.68. The van der Waals surface area contributed by atoms with Gasteiger partial charge in [-0.2, -0.15) is 0 Å². The van der Waals surface area contributed by atoms with Gasteiger partial charge in [0, 0.05) is 14.1 Å². The maximum absolute atomic E-state index is 11.7. The highest BCUT2D eigenvalue weighted by molar-refractivity contribution is 7.89. The van der Waals surface area contributed by atoms with Gasteiger partial charge in [0.15, 0.2) is 0 Å². The molecule has 16 heavy (non-hydrogen) atoms. The lowest BCUT2D eigenvalue weighted by Gasteiger charge is -2.11. The molecule has 1 aromatic rings. The molecule has 1 aromatic carbocycles. The monoisotopic (exact) mass is 279 g/mol. The second kappa shape index (κ2) is 5.09. The molecule has 0 unspecified atom stereocenters. The van der Waals surface area contributed by atoms with E-state index in [-0.39, 0.29) is 9.41 Å². The number of ether oxygens (including phenoxy) is 1. The minimum atomic E-state index is -3.41. The lowest BCUT2D eigenvalue weighted by molar-refractivity contribution is 0.520. The van der Waals surface area contributed by atoms with E-state index in [2.05, 4.69) is 12.2 Å². The van der Waals surface area contributed by atoms with Crippen LogP contribution in [0, 0.1) is 0 Å². The van der Waals surface area contributed by atoms with Gasteiger partial charge in [-0.1, -0.05) is 0 Å². The number of hydrogen-bond acceptors (Lipinski definition) is 4. The summed E-state index contributed by atoms with van der Waals surface area (Å²) in [6.07, 6.45) is 0. The highest BCUT2D eigenvalue weighted by Crippen LogP contribution is 2.18. The van der Waals surface area contributed by atoms with E-state index in [1.807, 2.05) is 0 Å². The number of benzene rings is 1. The first kappa shape index (κ1) is 13.4. The van der Waals surface area contributed by atoms with Crippen molar-refractivity contribution in [1.29, 1.82) is 0 Å². The summed E-state index contributed by atoms with van der Waals surface area (Å²) >= 11 is 9.92. The predicted molar refractivity (Wildman–Crippen MR) is 66.4 cm³/mol. The second-order valence-corrected chi connectivity index (χ2v) is 6.19. The molecule has 0 fully saturated rings. The largest absolute Gasteiger partial charge is 0.436 e. The molecule has 0 aliphatic carbocycles. The van der Waals surface area contributed by atoms with Crippen LogP contribution in [0.1, 0.15) is 0 Å². The Morgan fingerprint density at radius 3 is 2.19 bits per heavy atom. The molecule has 0 heterocycles. The molecule has 0 atom stereocenters. The summed E-state index contributed by atoms with van der Waals surface area (Å²) in [7, 11) is -0.478. The predicted octanol–water partition coefficient (Wildman–Crippen LogP) is 1.84. The van der Waals surface area contributed by atoms with Crippen LogP contribution in [0.15, 0.2) is 29.2 Å². The molecule has 0 saturated heterocycles. The van der Waals surface area contributed by atoms with E-state index in [1.54, 1.807) is 0 Å². The highest BCUT2D eigenvalue weighted by atomic mass is 35.5. The van der Waals surface area contributed by atoms with Crippen molar-refractivity contribution in [3.8, 4) is 5.75 Å². The Bertz CT molecular complexity index is 482. The van der Waals surface area contributed by atoms with Gasteiger partial charge in [-0.3, -0.25) is 0 Å². The normalized spacial score (nSPS) is 11.5. The van der Waals surface area contributed by atoms with Gasteiger partial charge >= 0.3 is 0 Å². The van der Waals surface area contributed by atoms with Crippen molar-refractivity contribution in [2.24, 2.45) is 0 Å². The molecule has 88 valence electrons. The Kier molecular flexibility index (Phi) is 4.26. The number of halogens is 1. The van der Waals surface area contributed by atoms with Crippen LogP contribution in [0.2, 0.25) is 0 Å². The second-order valence-electron chi connectivity index (χ2n) is 3.10. The first-order valence-corrected chi connectivity index (χ1v) is 6.46. The SMILES string of the molecule is CN(C)S(=O)(=O)c1ccc(OC(=S)Cl)cc1. The van der Waals surface area contributed by atoms with Crippen LogP contribution in [0.25, 0.3) is 0 Å². The van der Waals surface area contributed by atoms with Crippen molar-refractivity contribution < 1.29 is 13.2 Å². The van der Waals surface area contributed by atoms with E-state index in [0.29, 0.717) is 5.75 Å². The Labute approximate surface area is 105 Å². The average Bonchev–Trinajstić information content (AvgIpc) is 2.17. The number of nitrogens with zero attached hydrogens (tertiary/aromatic N) is 1. The Morgan fingerprint density at radius 1 is 1.31 bits per heavy atom. The van der Waals surface area contributed by atoms with Crippen molar-refractivity contribution in [2.75, 3.05) is 14.1 Å². The fourth-order valence-corrected chi connectivity index (χ4v) is 2.07. The van der Waals surface area contributed by atoms with Crippen LogP contribution in [0.5, 0.6) is 5.75 Å². The molecule has 1 rings (SSSR count). The van der Waals surface area contributed by atoms with E-state index in [0.717, 1.165) is 4.31 Å². The molecule has 0 radical (unpaired) electrons. The Balaban J connectivity index is 3.00. The first-order chi connectivity index (χ1) is 7.34. The highest BCUT2D eigenvalue weighted by Gasteiger charge is 2.16. The summed E-state index contributed by atoms with van der Waals surface area (Å²) in [4.78, 5) is 0.186. The molecule has 4 nitrogen and oxygen atoms in total. The summed E-state index contributed by atoms with van der Waals surface area (Å²) in [6, 6.07) is 5.84. The third-order valence-electron chi connectivity index (χ3n) is 1.80. The molecule has 0 aromatic heterocycles. The minimum Gasteiger partial charge on any atom is -0.436 e. The fourth-order valence-electron chi connectivity index (χ4n) is 0.983. The third-order valence-corrected chi connectivity index (χ3v) is 3.79. The molecule has 0 aliphatic heterocycles. The van der Waals surface area contributed by atoms with E-state index in [4.69, 9.17) is 16.3 Å². The molecule has 0 amide bonds. The van der Waals surface area contributed by atoms with Gasteiger partial charge in [0.25, 0.3) is 4.51 Å². The van der Waals surface area contributed by atoms with Gasteiger partial charge in [-0.25, -0.2) is 12.7 Å². The van der Waals surface area contributed by atoms with Crippen LogP contribution in [0.4, 0.5) is 0 Å². The molecule has 0 aliphatic rings. The molecule has 0 N–H and O–H groups in total. The number of sulfonamides is 1. The van der Waals surface area contributed by atoms with E-state index >= 15 is 0 Å². The quantitative estimate of drug-likeness (QED) is 0.626. The summed E-state index contributed by atoms with van der Waals surface area (Å²) < 4.78 is 29.3. The van der Waals surface area contributed by atoms with Crippen molar-refractivity contribution in [2.45, 2.75) is 4.90 Å². The molecule has 0 saturated carbocycles. The molecule has 0 spiro atoms. The molecule has 0 bridgehead atoms. The van der Waals surface area contributed by atoms with Gasteiger partial charge in [-0.15, -0.1) is 0 Å². The van der Waals surface area contributed by atoms with Crippen molar-refractivity contribution in [3.05, 3.63) is 24.3 Å². The topological polar surface area (TPSA) is 46.6 Å². The fraction of sp³-hybridized carbons (Fsp3) is 0.222. The smallest absolute Gasteiger partial charge is 0.260 e. The van der Waals surface area contributed by atoms with E-state index < -0.39 is 10.0 Å². The summed E-state index contributed by atoms with van der Waals surface area (Å²) in [5.41, 5.74) is 0. The van der Waals surface area contributed by atoms with Gasteiger partial charge in [0.1, 0.15) is 5.75 Å². The lowest BCUT2D eigenvalue weighted by atomic mass is 10.3. The maximum Gasteiger partial charge on any atom is 0.260 e. The van der Waals surface area contributed by atoms with Gasteiger partial charge < -0.3 is 4.74 Å². The average molecular weight is 280 g/mol. The molecular formula is C9H10ClNO3S2. The van der Waals surface area contributed by atoms with Crippen LogP contribution in [0.3, 0.4) is 0 Å². The number of rotatable bonds is 3. The van der Waals surface area contributed by atoms with Gasteiger partial charge in [-0.05, 0) is 48.1 Å². The van der Waals surface area contributed by atoms with E-state index in [1.165, 1.54) is 38.4 Å². The van der Waals surface area contributed by atoms with E-state index in [9.17, 15) is 8.42 Å². The zero-order valence-corrected chi connectivity index (χ0v) is 11.1. The van der Waals surface area contributed by atoms with Crippen LogP contribution >= 0.6 is 23.8 Å². The Hall–Kier alpha value is -0.690. The standard InChI is InChI=1S/C9H10ClNO3S2/c1-11(2)16(12,13)8-5-3-7(4-6-8)14-9(10)15/h3-6H,1-2H3. The molecular weight excluding hydrogens is 270 g/mol. The summed E-state index contributed by atoms with van der Waals surface area (Å²) in [5, 5.41) is 0. The number of hydrogen-bond donors (Lipinski definition) is 0. The maximum atomic E-state index is 11.7. The summed E-state index contributed by atoms with van der Waals surface area (Å²) in [5.74, 6) is 0.401. The van der Waals surface area contributed by atoms with Crippen molar-refractivity contribution in [3.63, 3.8) is 0 Å². The van der Waals surface area contributed by atoms with Crippen LogP contribution < -0.4 is 4.74 Å². The van der Waals surface area contributed by atoms with Crippen molar-refractivity contribution in [1.82, 2.24) is 4.31 Å². The van der Waals surface area contributed by atoms with Gasteiger partial charge in [0.2, 0.25) is 10.0 Å².